The number of carbonyl (C=O) groups is 2. The molecule has 4 N–H and O–H groups in total. The maximum atomic E-state index is 10.9. The van der Waals surface area contributed by atoms with Crippen molar-refractivity contribution >= 4 is 11.8 Å². The molecule has 1 fully saturated rings. The summed E-state index contributed by atoms with van der Waals surface area (Å²) in [6.07, 6.45) is -3.36. The van der Waals surface area contributed by atoms with Gasteiger partial charge in [0.05, 0.1) is 6.61 Å². The van der Waals surface area contributed by atoms with Crippen LogP contribution in [0.5, 0.6) is 0 Å². The minimum absolute atomic E-state index is 0.820. The molecule has 0 saturated carbocycles. The molecule has 0 aliphatic carbocycles. The van der Waals surface area contributed by atoms with E-state index in [0.29, 0.717) is 0 Å². The van der Waals surface area contributed by atoms with Gasteiger partial charge in [-0.1, -0.05) is 0 Å². The van der Waals surface area contributed by atoms with E-state index in [0.717, 1.165) is 0 Å². The molecule has 0 radical (unpaired) electrons. The van der Waals surface area contributed by atoms with Crippen LogP contribution < -0.4 is 0 Å². The van der Waals surface area contributed by atoms with Crippen molar-refractivity contribution in [3.63, 3.8) is 0 Å². The molecule has 0 amide bonds. The Kier molecular flexibility index (Phi) is 2.35. The number of hydrogen-bond acceptors (Lipinski definition) is 7. The molecule has 0 bridgehead atoms. The van der Waals surface area contributed by atoms with Gasteiger partial charge in [0, 0.05) is 0 Å². The van der Waals surface area contributed by atoms with Crippen molar-refractivity contribution in [2.24, 2.45) is 0 Å². The van der Waals surface area contributed by atoms with E-state index in [1.54, 1.807) is 0 Å². The van der Waals surface area contributed by atoms with Gasteiger partial charge in [0.1, 0.15) is 6.10 Å². The molecule has 0 spiro atoms. The SMILES string of the molecule is O=C1OC(C(O)CO)C(=O)C1(O)O. The number of Topliss-reactive ketones (excluding diaryl/α,β-unsaturated/α-hetero) is 1. The second-order valence-electron chi connectivity index (χ2n) is 2.61. The summed E-state index contributed by atoms with van der Waals surface area (Å²) >= 11 is 0. The molecule has 1 aliphatic heterocycles. The van der Waals surface area contributed by atoms with Crippen LogP contribution in [0, 0.1) is 0 Å². The van der Waals surface area contributed by atoms with Crippen LogP contribution >= 0.6 is 0 Å². The molecule has 0 aromatic carbocycles. The van der Waals surface area contributed by atoms with Gasteiger partial charge in [-0.2, -0.15) is 0 Å². The van der Waals surface area contributed by atoms with Crippen LogP contribution in [0.2, 0.25) is 0 Å². The molecule has 0 aromatic heterocycles. The largest absolute Gasteiger partial charge is 0.447 e. The lowest BCUT2D eigenvalue weighted by atomic mass is 10.1. The monoisotopic (exact) mass is 192 g/mol. The minimum atomic E-state index is -3.21. The van der Waals surface area contributed by atoms with Gasteiger partial charge in [-0.15, -0.1) is 0 Å². The van der Waals surface area contributed by atoms with Crippen LogP contribution in [0.15, 0.2) is 0 Å². The highest BCUT2D eigenvalue weighted by molar-refractivity contribution is 6.12. The molecular formula is C6H8O7. The average Bonchev–Trinajstić information content (AvgIpc) is 2.28. The number of cyclic esters (lactones) is 1. The zero-order valence-electron chi connectivity index (χ0n) is 6.38. The lowest BCUT2D eigenvalue weighted by molar-refractivity contribution is -0.190. The van der Waals surface area contributed by atoms with E-state index in [2.05, 4.69) is 4.74 Å². The Morgan fingerprint density at radius 1 is 1.46 bits per heavy atom. The van der Waals surface area contributed by atoms with Crippen molar-refractivity contribution in [3.8, 4) is 0 Å². The van der Waals surface area contributed by atoms with Crippen molar-refractivity contribution in [2.75, 3.05) is 6.61 Å². The van der Waals surface area contributed by atoms with E-state index in [4.69, 9.17) is 20.4 Å². The van der Waals surface area contributed by atoms with Gasteiger partial charge in [-0.25, -0.2) is 4.79 Å². The number of ether oxygens (including phenoxy) is 1. The molecule has 2 atom stereocenters. The number of hydrogen-bond donors (Lipinski definition) is 4. The number of esters is 1. The van der Waals surface area contributed by atoms with Gasteiger partial charge >= 0.3 is 11.8 Å². The molecular weight excluding hydrogens is 184 g/mol. The number of aliphatic hydroxyl groups excluding tert-OH is 2. The maximum Gasteiger partial charge on any atom is 0.375 e. The molecule has 1 rings (SSSR count). The van der Waals surface area contributed by atoms with Crippen molar-refractivity contribution in [3.05, 3.63) is 0 Å². The summed E-state index contributed by atoms with van der Waals surface area (Å²) in [5.41, 5.74) is 0. The highest BCUT2D eigenvalue weighted by atomic mass is 16.6. The lowest BCUT2D eigenvalue weighted by Gasteiger charge is -2.12. The fourth-order valence-corrected chi connectivity index (χ4v) is 0.899. The zero-order valence-corrected chi connectivity index (χ0v) is 6.38. The molecule has 1 aliphatic rings. The van der Waals surface area contributed by atoms with E-state index < -0.39 is 36.4 Å². The van der Waals surface area contributed by atoms with E-state index >= 15 is 0 Å². The number of ketones is 1. The Labute approximate surface area is 72.2 Å². The third kappa shape index (κ3) is 1.42. The van der Waals surface area contributed by atoms with Gasteiger partial charge in [0.25, 0.3) is 0 Å². The van der Waals surface area contributed by atoms with Crippen LogP contribution in [0.3, 0.4) is 0 Å². The molecule has 0 aromatic rings. The minimum Gasteiger partial charge on any atom is -0.447 e. The number of rotatable bonds is 2. The number of carbonyl (C=O) groups excluding carboxylic acids is 2. The molecule has 7 heteroatoms. The Morgan fingerprint density at radius 2 is 2.00 bits per heavy atom. The topological polar surface area (TPSA) is 124 Å². The fraction of sp³-hybridized carbons (Fsp3) is 0.667. The Hall–Kier alpha value is -1.02. The third-order valence-electron chi connectivity index (χ3n) is 1.66. The van der Waals surface area contributed by atoms with Crippen molar-refractivity contribution < 1.29 is 34.8 Å². The smallest absolute Gasteiger partial charge is 0.375 e. The predicted octanol–water partition coefficient (Wildman–Crippen LogP) is -3.48. The van der Waals surface area contributed by atoms with E-state index in [-0.39, 0.29) is 0 Å². The predicted molar refractivity (Wildman–Crippen MR) is 35.1 cm³/mol. The molecule has 13 heavy (non-hydrogen) atoms. The fourth-order valence-electron chi connectivity index (χ4n) is 0.899. The zero-order chi connectivity index (χ0) is 10.2. The van der Waals surface area contributed by atoms with Crippen LogP contribution in [0.25, 0.3) is 0 Å². The first-order chi connectivity index (χ1) is 5.91. The van der Waals surface area contributed by atoms with Crippen LogP contribution in [-0.2, 0) is 14.3 Å². The summed E-state index contributed by atoms with van der Waals surface area (Å²) in [6, 6.07) is 0. The third-order valence-corrected chi connectivity index (χ3v) is 1.66. The summed E-state index contributed by atoms with van der Waals surface area (Å²) < 4.78 is 4.14. The Bertz CT molecular complexity index is 245. The number of aliphatic hydroxyl groups is 4. The second kappa shape index (κ2) is 3.04. The van der Waals surface area contributed by atoms with E-state index in [1.165, 1.54) is 0 Å². The quantitative estimate of drug-likeness (QED) is 0.203. The van der Waals surface area contributed by atoms with Crippen LogP contribution in [0.4, 0.5) is 0 Å². The Morgan fingerprint density at radius 3 is 2.31 bits per heavy atom. The van der Waals surface area contributed by atoms with Gasteiger partial charge in [0.2, 0.25) is 5.78 Å². The van der Waals surface area contributed by atoms with Gasteiger partial charge in [0.15, 0.2) is 6.10 Å². The van der Waals surface area contributed by atoms with E-state index in [1.807, 2.05) is 0 Å². The van der Waals surface area contributed by atoms with Crippen LogP contribution in [0.1, 0.15) is 0 Å². The highest BCUT2D eigenvalue weighted by Crippen LogP contribution is 2.21. The Balaban J connectivity index is 2.86. The van der Waals surface area contributed by atoms with Gasteiger partial charge < -0.3 is 25.2 Å². The lowest BCUT2D eigenvalue weighted by Crippen LogP contribution is -2.45. The second-order valence-corrected chi connectivity index (χ2v) is 2.61. The highest BCUT2D eigenvalue weighted by Gasteiger charge is 2.57. The first-order valence-electron chi connectivity index (χ1n) is 3.40. The molecule has 7 nitrogen and oxygen atoms in total. The summed E-state index contributed by atoms with van der Waals surface area (Å²) in [7, 11) is 0. The van der Waals surface area contributed by atoms with Crippen molar-refractivity contribution in [2.45, 2.75) is 18.0 Å². The summed E-state index contributed by atoms with van der Waals surface area (Å²) in [6.45, 7) is -0.820. The summed E-state index contributed by atoms with van der Waals surface area (Å²) in [5, 5.41) is 34.9. The normalized spacial score (nSPS) is 28.8. The summed E-state index contributed by atoms with van der Waals surface area (Å²) in [4.78, 5) is 21.5. The molecule has 1 saturated heterocycles. The summed E-state index contributed by atoms with van der Waals surface area (Å²) in [5.74, 6) is -6.13. The van der Waals surface area contributed by atoms with Crippen LogP contribution in [-0.4, -0.2) is 56.8 Å². The maximum absolute atomic E-state index is 10.9. The molecule has 2 unspecified atom stereocenters. The van der Waals surface area contributed by atoms with Crippen molar-refractivity contribution in [1.82, 2.24) is 0 Å². The van der Waals surface area contributed by atoms with E-state index in [9.17, 15) is 9.59 Å². The van der Waals surface area contributed by atoms with Gasteiger partial charge in [-0.3, -0.25) is 4.79 Å². The first-order valence-corrected chi connectivity index (χ1v) is 3.40. The average molecular weight is 192 g/mol. The molecule has 1 heterocycles. The standard InChI is InChI=1S/C6H8O7/c7-1-2(8)3-4(9)6(11,12)5(10)13-3/h2-3,7-8,11-12H,1H2. The first kappa shape index (κ1) is 10.1. The van der Waals surface area contributed by atoms with Gasteiger partial charge in [-0.05, 0) is 0 Å². The van der Waals surface area contributed by atoms with Crippen molar-refractivity contribution in [1.29, 1.82) is 0 Å². The molecule has 74 valence electrons.